The van der Waals surface area contributed by atoms with Crippen LogP contribution in [0.1, 0.15) is 11.1 Å². The number of halogens is 1. The molecule has 0 fully saturated rings. The van der Waals surface area contributed by atoms with Crippen LogP contribution >= 0.6 is 15.9 Å². The lowest BCUT2D eigenvalue weighted by atomic mass is 10.2. The normalized spacial score (nSPS) is 11.3. The van der Waals surface area contributed by atoms with Crippen LogP contribution in [0, 0.1) is 6.92 Å². The number of sulfonamides is 1. The summed E-state index contributed by atoms with van der Waals surface area (Å²) < 4.78 is 28.2. The van der Waals surface area contributed by atoms with E-state index in [9.17, 15) is 8.42 Å². The maximum absolute atomic E-state index is 12.4. The zero-order valence-electron chi connectivity index (χ0n) is 10.9. The fraction of sp³-hybridized carbons (Fsp3) is 0.143. The van der Waals surface area contributed by atoms with Gasteiger partial charge in [-0.3, -0.25) is 4.72 Å². The standard InChI is InChI=1S/C14H15BrN2O2S/c1-10-13(15)6-3-7-14(10)17-20(18,19)12-5-2-4-11(8-12)9-16/h2-8,17H,9,16H2,1H3. The molecular formula is C14H15BrN2O2S. The number of nitrogens with two attached hydrogens (primary N) is 1. The smallest absolute Gasteiger partial charge is 0.261 e. The minimum Gasteiger partial charge on any atom is -0.326 e. The number of hydrogen-bond donors (Lipinski definition) is 2. The summed E-state index contributed by atoms with van der Waals surface area (Å²) >= 11 is 3.38. The quantitative estimate of drug-likeness (QED) is 0.886. The van der Waals surface area contributed by atoms with Crippen LogP contribution in [0.25, 0.3) is 0 Å². The lowest BCUT2D eigenvalue weighted by molar-refractivity contribution is 0.601. The highest BCUT2D eigenvalue weighted by atomic mass is 79.9. The summed E-state index contributed by atoms with van der Waals surface area (Å²) in [6, 6.07) is 12.0. The van der Waals surface area contributed by atoms with Crippen LogP contribution in [0.4, 0.5) is 5.69 Å². The summed E-state index contributed by atoms with van der Waals surface area (Å²) in [6.45, 7) is 2.15. The molecule has 2 rings (SSSR count). The van der Waals surface area contributed by atoms with Gasteiger partial charge in [0.25, 0.3) is 10.0 Å². The van der Waals surface area contributed by atoms with Gasteiger partial charge in [-0.05, 0) is 42.3 Å². The molecule has 0 radical (unpaired) electrons. The first-order valence-electron chi connectivity index (χ1n) is 6.01. The molecule has 2 aromatic rings. The first kappa shape index (κ1) is 15.0. The van der Waals surface area contributed by atoms with E-state index >= 15 is 0 Å². The van der Waals surface area contributed by atoms with E-state index in [1.807, 2.05) is 13.0 Å². The summed E-state index contributed by atoms with van der Waals surface area (Å²) in [4.78, 5) is 0.208. The van der Waals surface area contributed by atoms with Crippen LogP contribution in [0.2, 0.25) is 0 Å². The molecule has 0 heterocycles. The van der Waals surface area contributed by atoms with Gasteiger partial charge in [0.1, 0.15) is 0 Å². The van der Waals surface area contributed by atoms with Crippen LogP contribution in [0.3, 0.4) is 0 Å². The summed E-state index contributed by atoms with van der Waals surface area (Å²) in [5.74, 6) is 0. The molecule has 0 aliphatic heterocycles. The maximum Gasteiger partial charge on any atom is 0.261 e. The third-order valence-electron chi connectivity index (χ3n) is 2.96. The third-order valence-corrected chi connectivity index (χ3v) is 5.18. The highest BCUT2D eigenvalue weighted by Crippen LogP contribution is 2.26. The highest BCUT2D eigenvalue weighted by Gasteiger charge is 2.16. The number of rotatable bonds is 4. The van der Waals surface area contributed by atoms with E-state index in [0.717, 1.165) is 15.6 Å². The van der Waals surface area contributed by atoms with Crippen LogP contribution in [0.5, 0.6) is 0 Å². The fourth-order valence-corrected chi connectivity index (χ4v) is 3.32. The average Bonchev–Trinajstić information content (AvgIpc) is 2.44. The van der Waals surface area contributed by atoms with E-state index in [0.29, 0.717) is 12.2 Å². The van der Waals surface area contributed by atoms with Crippen molar-refractivity contribution < 1.29 is 8.42 Å². The molecule has 3 N–H and O–H groups in total. The van der Waals surface area contributed by atoms with Crippen molar-refractivity contribution in [2.75, 3.05) is 4.72 Å². The van der Waals surface area contributed by atoms with E-state index in [2.05, 4.69) is 20.7 Å². The molecule has 20 heavy (non-hydrogen) atoms. The molecule has 0 atom stereocenters. The topological polar surface area (TPSA) is 72.2 Å². The SMILES string of the molecule is Cc1c(Br)cccc1NS(=O)(=O)c1cccc(CN)c1. The average molecular weight is 355 g/mol. The molecule has 2 aromatic carbocycles. The van der Waals surface area contributed by atoms with E-state index in [1.54, 1.807) is 36.4 Å². The minimum atomic E-state index is -3.61. The first-order chi connectivity index (χ1) is 9.44. The second-order valence-electron chi connectivity index (χ2n) is 4.37. The van der Waals surface area contributed by atoms with Crippen LogP contribution in [-0.4, -0.2) is 8.42 Å². The van der Waals surface area contributed by atoms with Gasteiger partial charge < -0.3 is 5.73 Å². The highest BCUT2D eigenvalue weighted by molar-refractivity contribution is 9.10. The minimum absolute atomic E-state index is 0.208. The molecule has 4 nitrogen and oxygen atoms in total. The van der Waals surface area contributed by atoms with Gasteiger partial charge in [-0.2, -0.15) is 0 Å². The predicted octanol–water partition coefficient (Wildman–Crippen LogP) is 3.02. The Bertz CT molecular complexity index is 730. The van der Waals surface area contributed by atoms with Gasteiger partial charge in [-0.15, -0.1) is 0 Å². The first-order valence-corrected chi connectivity index (χ1v) is 8.28. The second-order valence-corrected chi connectivity index (χ2v) is 6.91. The van der Waals surface area contributed by atoms with Gasteiger partial charge in [-0.25, -0.2) is 8.42 Å². The van der Waals surface area contributed by atoms with E-state index in [1.165, 1.54) is 0 Å². The Labute approximate surface area is 127 Å². The van der Waals surface area contributed by atoms with Crippen molar-refractivity contribution in [3.63, 3.8) is 0 Å². The van der Waals surface area contributed by atoms with E-state index in [-0.39, 0.29) is 4.90 Å². The van der Waals surface area contributed by atoms with E-state index in [4.69, 9.17) is 5.73 Å². The second kappa shape index (κ2) is 5.95. The van der Waals surface area contributed by atoms with Gasteiger partial charge in [0.15, 0.2) is 0 Å². The zero-order valence-corrected chi connectivity index (χ0v) is 13.3. The number of hydrogen-bond acceptors (Lipinski definition) is 3. The molecule has 0 aliphatic rings. The number of nitrogens with one attached hydrogen (secondary N) is 1. The zero-order chi connectivity index (χ0) is 14.8. The monoisotopic (exact) mass is 354 g/mol. The van der Waals surface area contributed by atoms with Crippen molar-refractivity contribution in [3.05, 3.63) is 58.1 Å². The Morgan fingerprint density at radius 3 is 2.60 bits per heavy atom. The lowest BCUT2D eigenvalue weighted by Crippen LogP contribution is -2.14. The molecule has 0 bridgehead atoms. The molecule has 0 saturated heterocycles. The summed E-state index contributed by atoms with van der Waals surface area (Å²) in [6.07, 6.45) is 0. The Hall–Kier alpha value is -1.37. The molecule has 0 amide bonds. The third kappa shape index (κ3) is 3.20. The van der Waals surface area contributed by atoms with Gasteiger partial charge in [0.05, 0.1) is 10.6 Å². The summed E-state index contributed by atoms with van der Waals surface area (Å²) in [5.41, 5.74) is 7.71. The maximum atomic E-state index is 12.4. The summed E-state index contributed by atoms with van der Waals surface area (Å²) in [5, 5.41) is 0. The van der Waals surface area contributed by atoms with Crippen LogP contribution in [-0.2, 0) is 16.6 Å². The van der Waals surface area contributed by atoms with Crippen molar-refractivity contribution in [2.45, 2.75) is 18.4 Å². The molecule has 0 spiro atoms. The van der Waals surface area contributed by atoms with Gasteiger partial charge in [-0.1, -0.05) is 34.1 Å². The molecule has 106 valence electrons. The van der Waals surface area contributed by atoms with Gasteiger partial charge >= 0.3 is 0 Å². The largest absolute Gasteiger partial charge is 0.326 e. The molecular weight excluding hydrogens is 340 g/mol. The number of benzene rings is 2. The molecule has 0 aliphatic carbocycles. The van der Waals surface area contributed by atoms with Crippen molar-refractivity contribution in [1.82, 2.24) is 0 Å². The Morgan fingerprint density at radius 1 is 1.20 bits per heavy atom. The predicted molar refractivity (Wildman–Crippen MR) is 84.0 cm³/mol. The van der Waals surface area contributed by atoms with Gasteiger partial charge in [0, 0.05) is 11.0 Å². The Balaban J connectivity index is 2.38. The van der Waals surface area contributed by atoms with Crippen LogP contribution in [0.15, 0.2) is 51.8 Å². The van der Waals surface area contributed by atoms with Crippen molar-refractivity contribution in [3.8, 4) is 0 Å². The molecule has 0 aromatic heterocycles. The van der Waals surface area contributed by atoms with E-state index < -0.39 is 10.0 Å². The number of anilines is 1. The molecule has 6 heteroatoms. The van der Waals surface area contributed by atoms with Gasteiger partial charge in [0.2, 0.25) is 0 Å². The van der Waals surface area contributed by atoms with Crippen molar-refractivity contribution in [2.24, 2.45) is 5.73 Å². The van der Waals surface area contributed by atoms with Crippen molar-refractivity contribution in [1.29, 1.82) is 0 Å². The Morgan fingerprint density at radius 2 is 1.90 bits per heavy atom. The summed E-state index contributed by atoms with van der Waals surface area (Å²) in [7, 11) is -3.61. The fourth-order valence-electron chi connectivity index (χ4n) is 1.76. The Kier molecular flexibility index (Phi) is 4.47. The van der Waals surface area contributed by atoms with Crippen molar-refractivity contribution >= 4 is 31.6 Å². The molecule has 0 saturated carbocycles. The molecule has 0 unspecified atom stereocenters. The lowest BCUT2D eigenvalue weighted by Gasteiger charge is -2.12. The van der Waals surface area contributed by atoms with Crippen LogP contribution < -0.4 is 10.5 Å².